The molecule has 0 amide bonds. The zero-order chi connectivity index (χ0) is 9.35. The van der Waals surface area contributed by atoms with Gasteiger partial charge in [0.25, 0.3) is 0 Å². The van der Waals surface area contributed by atoms with Gasteiger partial charge in [0.05, 0.1) is 6.07 Å². The summed E-state index contributed by atoms with van der Waals surface area (Å²) in [5, 5.41) is 10.1. The van der Waals surface area contributed by atoms with Crippen molar-refractivity contribution in [2.45, 2.75) is 6.85 Å². The predicted molar refractivity (Wildman–Crippen MR) is 30.1 cm³/mol. The Labute approximate surface area is 55.5 Å². The van der Waals surface area contributed by atoms with Crippen LogP contribution in [-0.2, 0) is 0 Å². The molecule has 0 aliphatic heterocycles. The van der Waals surface area contributed by atoms with Crippen LogP contribution in [0.15, 0.2) is 16.5 Å². The first-order valence-corrected chi connectivity index (χ1v) is 2.16. The summed E-state index contributed by atoms with van der Waals surface area (Å²) in [6, 6.07) is 2.09. The zero-order valence-corrected chi connectivity index (χ0v) is 4.33. The molecule has 4 heteroatoms. The molecule has 0 atom stereocenters. The molecule has 1 aromatic rings. The fourth-order valence-corrected chi connectivity index (χ4v) is 0.426. The summed E-state index contributed by atoms with van der Waals surface area (Å²) in [5.74, 6) is -0.921. The van der Waals surface area contributed by atoms with Crippen LogP contribution >= 0.6 is 0 Å². The number of furan rings is 1. The SMILES string of the molecule is [2H]C([2H])([2H])c1ccc([N+](=O)[O-])o1. The summed E-state index contributed by atoms with van der Waals surface area (Å²) < 4.78 is 25.0. The molecular weight excluding hydrogens is 122 g/mol. The molecule has 0 aromatic carbocycles. The second-order valence-electron chi connectivity index (χ2n) is 1.39. The molecule has 0 N–H and O–H groups in total. The Morgan fingerprint density at radius 2 is 2.67 bits per heavy atom. The molecule has 0 bridgehead atoms. The van der Waals surface area contributed by atoms with Gasteiger partial charge < -0.3 is 4.42 Å². The Morgan fingerprint density at radius 3 is 3.00 bits per heavy atom. The van der Waals surface area contributed by atoms with Crippen molar-refractivity contribution in [1.82, 2.24) is 0 Å². The molecule has 0 saturated heterocycles. The van der Waals surface area contributed by atoms with Crippen LogP contribution in [0.2, 0.25) is 0 Å². The minimum atomic E-state index is -2.42. The highest BCUT2D eigenvalue weighted by Gasteiger charge is 2.07. The number of nitro groups is 1. The fourth-order valence-electron chi connectivity index (χ4n) is 0.426. The normalized spacial score (nSPS) is 15.8. The lowest BCUT2D eigenvalue weighted by Gasteiger charge is -1.79. The van der Waals surface area contributed by atoms with Gasteiger partial charge in [-0.15, -0.1) is 0 Å². The Kier molecular flexibility index (Phi) is 0.631. The van der Waals surface area contributed by atoms with Crippen molar-refractivity contribution in [3.8, 4) is 0 Å². The summed E-state index contributed by atoms with van der Waals surface area (Å²) in [6.45, 7) is -2.42. The third-order valence-electron chi connectivity index (χ3n) is 0.772. The average molecular weight is 130 g/mol. The van der Waals surface area contributed by atoms with Gasteiger partial charge in [-0.2, -0.15) is 0 Å². The molecule has 0 saturated carbocycles. The van der Waals surface area contributed by atoms with Crippen LogP contribution in [0.1, 0.15) is 9.87 Å². The molecule has 0 radical (unpaired) electrons. The smallest absolute Gasteiger partial charge is 0.406 e. The minimum Gasteiger partial charge on any atom is -0.406 e. The molecule has 1 aromatic heterocycles. The highest BCUT2D eigenvalue weighted by atomic mass is 16.6. The summed E-state index contributed by atoms with van der Waals surface area (Å²) in [5.41, 5.74) is 0. The molecule has 4 nitrogen and oxygen atoms in total. The molecule has 1 rings (SSSR count). The maximum atomic E-state index is 10.1. The first kappa shape index (κ1) is 3.00. The maximum Gasteiger partial charge on any atom is 0.433 e. The van der Waals surface area contributed by atoms with Gasteiger partial charge in [0.2, 0.25) is 0 Å². The first-order chi connectivity index (χ1) is 5.41. The fraction of sp³-hybridized carbons (Fsp3) is 0.200. The lowest BCUT2D eigenvalue weighted by Crippen LogP contribution is -1.82. The van der Waals surface area contributed by atoms with Crippen LogP contribution in [0.25, 0.3) is 0 Å². The van der Waals surface area contributed by atoms with E-state index in [9.17, 15) is 10.1 Å². The Bertz CT molecular complexity index is 303. The summed E-state index contributed by atoms with van der Waals surface area (Å²) in [6.07, 6.45) is 0. The number of hydrogen-bond acceptors (Lipinski definition) is 3. The topological polar surface area (TPSA) is 56.3 Å². The van der Waals surface area contributed by atoms with Crippen molar-refractivity contribution >= 4 is 5.88 Å². The molecular formula is C5H5NO3. The molecule has 0 aliphatic carbocycles. The van der Waals surface area contributed by atoms with Crippen LogP contribution in [-0.4, -0.2) is 4.92 Å². The van der Waals surface area contributed by atoms with Crippen molar-refractivity contribution in [1.29, 1.82) is 0 Å². The van der Waals surface area contributed by atoms with Gasteiger partial charge >= 0.3 is 5.88 Å². The van der Waals surface area contributed by atoms with Gasteiger partial charge in [0, 0.05) is 4.11 Å². The van der Waals surface area contributed by atoms with E-state index in [4.69, 9.17) is 4.11 Å². The van der Waals surface area contributed by atoms with E-state index in [1.165, 1.54) is 0 Å². The van der Waals surface area contributed by atoms with Gasteiger partial charge in [0.1, 0.15) is 10.7 Å². The minimum absolute atomic E-state index is 0.366. The van der Waals surface area contributed by atoms with E-state index in [0.717, 1.165) is 12.1 Å². The van der Waals surface area contributed by atoms with E-state index in [0.29, 0.717) is 0 Å². The van der Waals surface area contributed by atoms with Crippen molar-refractivity contribution in [2.75, 3.05) is 0 Å². The summed E-state index contributed by atoms with van der Waals surface area (Å²) in [4.78, 5) is 9.29. The highest BCUT2D eigenvalue weighted by Crippen LogP contribution is 2.13. The second kappa shape index (κ2) is 1.89. The van der Waals surface area contributed by atoms with Crippen LogP contribution in [0, 0.1) is 17.0 Å². The average Bonchev–Trinajstić information content (AvgIpc) is 2.30. The Balaban J connectivity index is 3.00. The standard InChI is InChI=1S/C5H5NO3/c1-4-2-3-5(9-4)6(7)8/h2-3H,1H3/i1D3. The monoisotopic (exact) mass is 130 g/mol. The van der Waals surface area contributed by atoms with Gasteiger partial charge in [-0.3, -0.25) is 10.1 Å². The van der Waals surface area contributed by atoms with Gasteiger partial charge in [-0.1, -0.05) is 0 Å². The molecule has 9 heavy (non-hydrogen) atoms. The predicted octanol–water partition coefficient (Wildman–Crippen LogP) is 1.50. The van der Waals surface area contributed by atoms with E-state index < -0.39 is 17.7 Å². The second-order valence-corrected chi connectivity index (χ2v) is 1.39. The van der Waals surface area contributed by atoms with Crippen molar-refractivity contribution in [3.05, 3.63) is 28.0 Å². The van der Waals surface area contributed by atoms with Gasteiger partial charge in [-0.05, 0) is 12.9 Å². The largest absolute Gasteiger partial charge is 0.433 e. The van der Waals surface area contributed by atoms with Crippen LogP contribution < -0.4 is 0 Å². The van der Waals surface area contributed by atoms with Crippen LogP contribution in [0.5, 0.6) is 0 Å². The lowest BCUT2D eigenvalue weighted by molar-refractivity contribution is -0.402. The van der Waals surface area contributed by atoms with E-state index in [2.05, 4.69) is 4.42 Å². The summed E-state index contributed by atoms with van der Waals surface area (Å²) in [7, 11) is 0. The molecule has 0 unspecified atom stereocenters. The van der Waals surface area contributed by atoms with Crippen molar-refractivity contribution in [3.63, 3.8) is 0 Å². The van der Waals surface area contributed by atoms with Crippen LogP contribution in [0.3, 0.4) is 0 Å². The summed E-state index contributed by atoms with van der Waals surface area (Å²) >= 11 is 0. The van der Waals surface area contributed by atoms with Crippen molar-refractivity contribution < 1.29 is 13.5 Å². The highest BCUT2D eigenvalue weighted by molar-refractivity contribution is 5.16. The van der Waals surface area contributed by atoms with E-state index in [1.807, 2.05) is 0 Å². The van der Waals surface area contributed by atoms with E-state index in [1.54, 1.807) is 0 Å². The van der Waals surface area contributed by atoms with Crippen molar-refractivity contribution in [2.24, 2.45) is 0 Å². The molecule has 0 fully saturated rings. The maximum absolute atomic E-state index is 10.1. The molecule has 0 spiro atoms. The molecule has 48 valence electrons. The van der Waals surface area contributed by atoms with E-state index in [-0.39, 0.29) is 5.76 Å². The quantitative estimate of drug-likeness (QED) is 0.427. The molecule has 1 heterocycles. The zero-order valence-electron chi connectivity index (χ0n) is 7.33. The number of nitrogens with zero attached hydrogens (tertiary/aromatic N) is 1. The third-order valence-corrected chi connectivity index (χ3v) is 0.772. The third kappa shape index (κ3) is 1.07. The van der Waals surface area contributed by atoms with Crippen LogP contribution in [0.4, 0.5) is 5.88 Å². The lowest BCUT2D eigenvalue weighted by atomic mass is 10.5. The van der Waals surface area contributed by atoms with Gasteiger partial charge in [-0.25, -0.2) is 0 Å². The number of aryl methyl sites for hydroxylation is 1. The first-order valence-electron chi connectivity index (χ1n) is 3.66. The molecule has 0 aliphatic rings. The number of hydrogen-bond donors (Lipinski definition) is 0. The Morgan fingerprint density at radius 1 is 1.89 bits per heavy atom. The Hall–Kier alpha value is -1.32. The van der Waals surface area contributed by atoms with Gasteiger partial charge in [0.15, 0.2) is 0 Å². The van der Waals surface area contributed by atoms with E-state index >= 15 is 0 Å². The number of rotatable bonds is 1.